The van der Waals surface area contributed by atoms with Crippen molar-refractivity contribution in [3.05, 3.63) is 60.2 Å². The highest BCUT2D eigenvalue weighted by molar-refractivity contribution is 5.96. The number of hydrogen-bond acceptors (Lipinski definition) is 2. The summed E-state index contributed by atoms with van der Waals surface area (Å²) in [5.41, 5.74) is 2.76. The van der Waals surface area contributed by atoms with E-state index < -0.39 is 0 Å². The molecule has 4 nitrogen and oxygen atoms in total. The van der Waals surface area contributed by atoms with Crippen molar-refractivity contribution in [1.29, 1.82) is 0 Å². The van der Waals surface area contributed by atoms with Gasteiger partial charge in [0.1, 0.15) is 0 Å². The van der Waals surface area contributed by atoms with Crippen molar-refractivity contribution in [3.63, 3.8) is 0 Å². The molecule has 0 aromatic heterocycles. The van der Waals surface area contributed by atoms with Gasteiger partial charge in [-0.1, -0.05) is 49.4 Å². The van der Waals surface area contributed by atoms with Crippen molar-refractivity contribution in [3.8, 4) is 11.1 Å². The predicted molar refractivity (Wildman–Crippen MR) is 104 cm³/mol. The van der Waals surface area contributed by atoms with Crippen molar-refractivity contribution in [2.24, 2.45) is 0 Å². The molecule has 2 amide bonds. The molecule has 136 valence electrons. The minimum atomic E-state index is -0.206. The van der Waals surface area contributed by atoms with E-state index in [1.165, 1.54) is 6.42 Å². The van der Waals surface area contributed by atoms with E-state index in [1.807, 2.05) is 47.4 Å². The Balaban J connectivity index is 1.57. The van der Waals surface area contributed by atoms with Gasteiger partial charge in [0.05, 0.1) is 6.54 Å². The molecule has 1 heterocycles. The van der Waals surface area contributed by atoms with Gasteiger partial charge < -0.3 is 10.2 Å². The molecule has 26 heavy (non-hydrogen) atoms. The Morgan fingerprint density at radius 3 is 2.38 bits per heavy atom. The van der Waals surface area contributed by atoms with Crippen LogP contribution in [-0.4, -0.2) is 35.8 Å². The van der Waals surface area contributed by atoms with E-state index >= 15 is 0 Å². The first-order valence-corrected chi connectivity index (χ1v) is 9.42. The van der Waals surface area contributed by atoms with Crippen LogP contribution in [0.1, 0.15) is 43.0 Å². The Labute approximate surface area is 155 Å². The summed E-state index contributed by atoms with van der Waals surface area (Å²) in [6, 6.07) is 17.8. The number of amides is 2. The largest absolute Gasteiger partial charge is 0.343 e. The van der Waals surface area contributed by atoms with Crippen LogP contribution < -0.4 is 5.32 Å². The molecule has 3 rings (SSSR count). The van der Waals surface area contributed by atoms with Gasteiger partial charge in [-0.2, -0.15) is 0 Å². The van der Waals surface area contributed by atoms with Gasteiger partial charge in [0.15, 0.2) is 0 Å². The molecular weight excluding hydrogens is 324 g/mol. The first kappa shape index (κ1) is 18.2. The fourth-order valence-corrected chi connectivity index (χ4v) is 3.56. The van der Waals surface area contributed by atoms with Crippen LogP contribution in [0.15, 0.2) is 54.6 Å². The van der Waals surface area contributed by atoms with Crippen LogP contribution in [0.5, 0.6) is 0 Å². The molecule has 1 aliphatic heterocycles. The van der Waals surface area contributed by atoms with Crippen LogP contribution in [0, 0.1) is 0 Å². The highest BCUT2D eigenvalue weighted by Crippen LogP contribution is 2.20. The quantitative estimate of drug-likeness (QED) is 0.890. The third-order valence-corrected chi connectivity index (χ3v) is 5.07. The second kappa shape index (κ2) is 8.65. The minimum absolute atomic E-state index is 0.0193. The minimum Gasteiger partial charge on any atom is -0.343 e. The van der Waals surface area contributed by atoms with Crippen LogP contribution >= 0.6 is 0 Å². The molecule has 1 aliphatic rings. The number of hydrogen-bond donors (Lipinski definition) is 1. The summed E-state index contributed by atoms with van der Waals surface area (Å²) in [5.74, 6) is -0.186. The van der Waals surface area contributed by atoms with Crippen LogP contribution in [0.3, 0.4) is 0 Å². The van der Waals surface area contributed by atoms with Crippen molar-refractivity contribution in [2.45, 2.75) is 38.6 Å². The second-order valence-corrected chi connectivity index (χ2v) is 6.77. The summed E-state index contributed by atoms with van der Waals surface area (Å²) in [4.78, 5) is 26.7. The van der Waals surface area contributed by atoms with Crippen molar-refractivity contribution in [1.82, 2.24) is 10.2 Å². The van der Waals surface area contributed by atoms with Crippen LogP contribution in [0.25, 0.3) is 11.1 Å². The van der Waals surface area contributed by atoms with Crippen molar-refractivity contribution >= 4 is 11.8 Å². The van der Waals surface area contributed by atoms with Crippen LogP contribution in [0.4, 0.5) is 0 Å². The predicted octanol–water partition coefficient (Wildman–Crippen LogP) is 3.87. The normalized spacial score (nSPS) is 17.0. The Bertz CT molecular complexity index is 740. The smallest absolute Gasteiger partial charge is 0.251 e. The number of nitrogens with zero attached hydrogens (tertiary/aromatic N) is 1. The Kier molecular flexibility index (Phi) is 6.05. The van der Waals surface area contributed by atoms with Gasteiger partial charge in [-0.15, -0.1) is 0 Å². The summed E-state index contributed by atoms with van der Waals surface area (Å²) < 4.78 is 0. The highest BCUT2D eigenvalue weighted by atomic mass is 16.2. The summed E-state index contributed by atoms with van der Waals surface area (Å²) in [7, 11) is 0. The highest BCUT2D eigenvalue weighted by Gasteiger charge is 2.25. The maximum atomic E-state index is 12.5. The third-order valence-electron chi connectivity index (χ3n) is 5.07. The van der Waals surface area contributed by atoms with E-state index in [4.69, 9.17) is 0 Å². The molecule has 2 aromatic rings. The van der Waals surface area contributed by atoms with Gasteiger partial charge in [0.2, 0.25) is 5.91 Å². The molecule has 1 unspecified atom stereocenters. The number of rotatable bonds is 5. The maximum absolute atomic E-state index is 12.5. The molecule has 0 saturated carbocycles. The van der Waals surface area contributed by atoms with E-state index in [2.05, 4.69) is 12.2 Å². The van der Waals surface area contributed by atoms with Crippen molar-refractivity contribution < 1.29 is 9.59 Å². The standard InChI is InChI=1S/C22H26N2O2/c1-2-20-10-6-7-15-24(20)21(25)16-23-22(26)19-13-11-18(12-14-19)17-8-4-3-5-9-17/h3-5,8-9,11-14,20H,2,6-7,10,15-16H2,1H3,(H,23,26). The molecule has 0 bridgehead atoms. The average Bonchev–Trinajstić information content (AvgIpc) is 2.72. The van der Waals surface area contributed by atoms with E-state index in [0.717, 1.165) is 36.9 Å². The van der Waals surface area contributed by atoms with Gasteiger partial charge in [0.25, 0.3) is 5.91 Å². The molecular formula is C22H26N2O2. The molecule has 1 saturated heterocycles. The number of likely N-dealkylation sites (tertiary alicyclic amines) is 1. The number of piperidine rings is 1. The number of carbonyl (C=O) groups excluding carboxylic acids is 2. The lowest BCUT2D eigenvalue weighted by Crippen LogP contribution is -2.47. The number of nitrogens with one attached hydrogen (secondary N) is 1. The topological polar surface area (TPSA) is 49.4 Å². The summed E-state index contributed by atoms with van der Waals surface area (Å²) in [6.07, 6.45) is 4.28. The SMILES string of the molecule is CCC1CCCCN1C(=O)CNC(=O)c1ccc(-c2ccccc2)cc1. The maximum Gasteiger partial charge on any atom is 0.251 e. The fourth-order valence-electron chi connectivity index (χ4n) is 3.56. The Hall–Kier alpha value is -2.62. The Morgan fingerprint density at radius 2 is 1.69 bits per heavy atom. The van der Waals surface area contributed by atoms with Crippen LogP contribution in [0.2, 0.25) is 0 Å². The molecule has 0 radical (unpaired) electrons. The van der Waals surface area contributed by atoms with Crippen LogP contribution in [-0.2, 0) is 4.79 Å². The molecule has 1 fully saturated rings. The Morgan fingerprint density at radius 1 is 1.00 bits per heavy atom. The lowest BCUT2D eigenvalue weighted by Gasteiger charge is -2.35. The zero-order valence-electron chi connectivity index (χ0n) is 15.3. The lowest BCUT2D eigenvalue weighted by molar-refractivity contribution is -0.133. The van der Waals surface area contributed by atoms with Crippen molar-refractivity contribution in [2.75, 3.05) is 13.1 Å². The summed E-state index contributed by atoms with van der Waals surface area (Å²) in [5, 5.41) is 2.77. The third kappa shape index (κ3) is 4.31. The molecule has 1 N–H and O–H groups in total. The van der Waals surface area contributed by atoms with Gasteiger partial charge in [-0.05, 0) is 48.9 Å². The van der Waals surface area contributed by atoms with Gasteiger partial charge in [0, 0.05) is 18.2 Å². The summed E-state index contributed by atoms with van der Waals surface area (Å²) in [6.45, 7) is 2.98. The van der Waals surface area contributed by atoms with E-state index in [0.29, 0.717) is 11.6 Å². The van der Waals surface area contributed by atoms with Gasteiger partial charge in [-0.25, -0.2) is 0 Å². The van der Waals surface area contributed by atoms with Gasteiger partial charge >= 0.3 is 0 Å². The molecule has 0 spiro atoms. The lowest BCUT2D eigenvalue weighted by atomic mass is 10.00. The first-order valence-electron chi connectivity index (χ1n) is 9.42. The monoisotopic (exact) mass is 350 g/mol. The number of benzene rings is 2. The number of carbonyl (C=O) groups is 2. The van der Waals surface area contributed by atoms with E-state index in [1.54, 1.807) is 12.1 Å². The first-order chi connectivity index (χ1) is 12.7. The average molecular weight is 350 g/mol. The van der Waals surface area contributed by atoms with Gasteiger partial charge in [-0.3, -0.25) is 9.59 Å². The fraction of sp³-hybridized carbons (Fsp3) is 0.364. The van der Waals surface area contributed by atoms with E-state index in [9.17, 15) is 9.59 Å². The molecule has 0 aliphatic carbocycles. The zero-order valence-corrected chi connectivity index (χ0v) is 15.3. The molecule has 2 aromatic carbocycles. The van der Waals surface area contributed by atoms with E-state index in [-0.39, 0.29) is 18.4 Å². The summed E-state index contributed by atoms with van der Waals surface area (Å²) >= 11 is 0. The second-order valence-electron chi connectivity index (χ2n) is 6.77. The molecule has 4 heteroatoms. The zero-order chi connectivity index (χ0) is 18.4. The molecule has 1 atom stereocenters.